The van der Waals surface area contributed by atoms with Crippen molar-refractivity contribution in [3.63, 3.8) is 0 Å². The standard InChI is InChI=1S/C13H18N2O2/c1-9-10(7-8-17-9)13(16)15(2)12-6-4-3-5-11(12)14/h3-6,9-10H,7-8,14H2,1-2H3. The van der Waals surface area contributed by atoms with E-state index in [0.29, 0.717) is 12.3 Å². The summed E-state index contributed by atoms with van der Waals surface area (Å²) >= 11 is 0. The van der Waals surface area contributed by atoms with Gasteiger partial charge in [-0.25, -0.2) is 0 Å². The van der Waals surface area contributed by atoms with E-state index in [1.807, 2.05) is 25.1 Å². The second-order valence-electron chi connectivity index (χ2n) is 4.43. The summed E-state index contributed by atoms with van der Waals surface area (Å²) < 4.78 is 5.42. The molecule has 4 heteroatoms. The molecule has 4 nitrogen and oxygen atoms in total. The highest BCUT2D eigenvalue weighted by atomic mass is 16.5. The Hall–Kier alpha value is -1.55. The normalized spacial score (nSPS) is 23.6. The van der Waals surface area contributed by atoms with E-state index in [4.69, 9.17) is 10.5 Å². The lowest BCUT2D eigenvalue weighted by Crippen LogP contribution is -2.36. The number of hydrogen-bond acceptors (Lipinski definition) is 3. The maximum absolute atomic E-state index is 12.3. The molecule has 1 amide bonds. The molecule has 2 atom stereocenters. The molecule has 0 bridgehead atoms. The Morgan fingerprint density at radius 1 is 1.47 bits per heavy atom. The summed E-state index contributed by atoms with van der Waals surface area (Å²) in [5, 5.41) is 0. The van der Waals surface area contributed by atoms with Gasteiger partial charge in [-0.2, -0.15) is 0 Å². The first kappa shape index (κ1) is 11.9. The van der Waals surface area contributed by atoms with Gasteiger partial charge in [-0.05, 0) is 25.5 Å². The minimum Gasteiger partial charge on any atom is -0.397 e. The van der Waals surface area contributed by atoms with Gasteiger partial charge in [0.25, 0.3) is 0 Å². The minimum atomic E-state index is -0.0559. The van der Waals surface area contributed by atoms with Crippen LogP contribution >= 0.6 is 0 Å². The number of nitrogens with zero attached hydrogens (tertiary/aromatic N) is 1. The number of carbonyl (C=O) groups excluding carboxylic acids is 1. The quantitative estimate of drug-likeness (QED) is 0.792. The summed E-state index contributed by atoms with van der Waals surface area (Å²) in [6, 6.07) is 7.39. The van der Waals surface area contributed by atoms with Crippen LogP contribution in [0.3, 0.4) is 0 Å². The summed E-state index contributed by atoms with van der Waals surface area (Å²) in [7, 11) is 1.76. The van der Waals surface area contributed by atoms with Crippen molar-refractivity contribution in [1.29, 1.82) is 0 Å². The van der Waals surface area contributed by atoms with Gasteiger partial charge in [0.05, 0.1) is 23.4 Å². The highest BCUT2D eigenvalue weighted by molar-refractivity contribution is 5.97. The molecular weight excluding hydrogens is 216 g/mol. The molecule has 1 heterocycles. The molecule has 0 aromatic heterocycles. The van der Waals surface area contributed by atoms with Crippen molar-refractivity contribution in [1.82, 2.24) is 0 Å². The molecule has 1 aliphatic rings. The number of benzene rings is 1. The number of rotatable bonds is 2. The number of carbonyl (C=O) groups is 1. The zero-order valence-corrected chi connectivity index (χ0v) is 10.2. The van der Waals surface area contributed by atoms with Crippen LogP contribution in [0.5, 0.6) is 0 Å². The fourth-order valence-corrected chi connectivity index (χ4v) is 2.22. The Labute approximate surface area is 101 Å². The van der Waals surface area contributed by atoms with Crippen LogP contribution in [0.15, 0.2) is 24.3 Å². The highest BCUT2D eigenvalue weighted by Crippen LogP contribution is 2.27. The van der Waals surface area contributed by atoms with E-state index in [1.54, 1.807) is 18.0 Å². The van der Waals surface area contributed by atoms with Crippen molar-refractivity contribution >= 4 is 17.3 Å². The van der Waals surface area contributed by atoms with Gasteiger partial charge in [0.1, 0.15) is 0 Å². The third kappa shape index (κ3) is 2.26. The van der Waals surface area contributed by atoms with Crippen molar-refractivity contribution in [2.24, 2.45) is 5.92 Å². The van der Waals surface area contributed by atoms with Gasteiger partial charge >= 0.3 is 0 Å². The fraction of sp³-hybridized carbons (Fsp3) is 0.462. The first-order chi connectivity index (χ1) is 8.11. The number of ether oxygens (including phenoxy) is 1. The predicted octanol–water partition coefficient (Wildman–Crippen LogP) is 1.66. The Morgan fingerprint density at radius 3 is 2.76 bits per heavy atom. The van der Waals surface area contributed by atoms with Crippen molar-refractivity contribution in [3.05, 3.63) is 24.3 Å². The van der Waals surface area contributed by atoms with Gasteiger partial charge in [0.15, 0.2) is 0 Å². The Morgan fingerprint density at radius 2 is 2.18 bits per heavy atom. The van der Waals surface area contributed by atoms with E-state index < -0.39 is 0 Å². The predicted molar refractivity (Wildman–Crippen MR) is 67.8 cm³/mol. The molecule has 92 valence electrons. The Bertz CT molecular complexity index is 420. The number of anilines is 2. The zero-order chi connectivity index (χ0) is 12.4. The lowest BCUT2D eigenvalue weighted by molar-refractivity contribution is -0.123. The molecule has 2 unspecified atom stereocenters. The van der Waals surface area contributed by atoms with Gasteiger partial charge in [-0.15, -0.1) is 0 Å². The molecule has 0 radical (unpaired) electrons. The summed E-state index contributed by atoms with van der Waals surface area (Å²) in [4.78, 5) is 13.9. The van der Waals surface area contributed by atoms with Crippen LogP contribution in [0.4, 0.5) is 11.4 Å². The average Bonchev–Trinajstić information content (AvgIpc) is 2.74. The van der Waals surface area contributed by atoms with Gasteiger partial charge < -0.3 is 15.4 Å². The largest absolute Gasteiger partial charge is 0.397 e. The second-order valence-corrected chi connectivity index (χ2v) is 4.43. The third-order valence-electron chi connectivity index (χ3n) is 3.32. The lowest BCUT2D eigenvalue weighted by Gasteiger charge is -2.23. The molecule has 0 saturated carbocycles. The summed E-state index contributed by atoms with van der Waals surface area (Å²) in [6.07, 6.45) is 0.784. The first-order valence-electron chi connectivity index (χ1n) is 5.85. The first-order valence-corrected chi connectivity index (χ1v) is 5.85. The molecule has 0 spiro atoms. The molecule has 1 fully saturated rings. The monoisotopic (exact) mass is 234 g/mol. The van der Waals surface area contributed by atoms with Crippen LogP contribution < -0.4 is 10.6 Å². The maximum Gasteiger partial charge on any atom is 0.232 e. The average molecular weight is 234 g/mol. The van der Waals surface area contributed by atoms with Crippen molar-refractivity contribution in [2.75, 3.05) is 24.3 Å². The summed E-state index contributed by atoms with van der Waals surface area (Å²) in [5.74, 6) is 0.0208. The van der Waals surface area contributed by atoms with E-state index in [2.05, 4.69) is 0 Å². The molecule has 2 rings (SSSR count). The molecule has 2 N–H and O–H groups in total. The van der Waals surface area contributed by atoms with Gasteiger partial charge in [-0.3, -0.25) is 4.79 Å². The number of nitrogen functional groups attached to an aromatic ring is 1. The smallest absolute Gasteiger partial charge is 0.232 e. The van der Waals surface area contributed by atoms with Crippen molar-refractivity contribution in [3.8, 4) is 0 Å². The van der Waals surface area contributed by atoms with E-state index in [0.717, 1.165) is 12.1 Å². The van der Waals surface area contributed by atoms with E-state index in [1.165, 1.54) is 0 Å². The summed E-state index contributed by atoms with van der Waals surface area (Å²) in [6.45, 7) is 2.60. The number of hydrogen-bond donors (Lipinski definition) is 1. The topological polar surface area (TPSA) is 55.6 Å². The summed E-state index contributed by atoms with van der Waals surface area (Å²) in [5.41, 5.74) is 7.25. The molecule has 1 aromatic carbocycles. The number of para-hydroxylation sites is 2. The van der Waals surface area contributed by atoms with Gasteiger partial charge in [-0.1, -0.05) is 12.1 Å². The van der Waals surface area contributed by atoms with Crippen LogP contribution in [0, 0.1) is 5.92 Å². The Balaban J connectivity index is 2.17. The van der Waals surface area contributed by atoms with Gasteiger partial charge in [0, 0.05) is 13.7 Å². The van der Waals surface area contributed by atoms with Crippen LogP contribution in [-0.2, 0) is 9.53 Å². The number of amides is 1. The van der Waals surface area contributed by atoms with Crippen molar-refractivity contribution < 1.29 is 9.53 Å². The molecule has 17 heavy (non-hydrogen) atoms. The van der Waals surface area contributed by atoms with Crippen molar-refractivity contribution in [2.45, 2.75) is 19.4 Å². The third-order valence-corrected chi connectivity index (χ3v) is 3.32. The number of nitrogens with two attached hydrogens (primary N) is 1. The Kier molecular flexibility index (Phi) is 3.33. The molecule has 1 aromatic rings. The van der Waals surface area contributed by atoms with E-state index in [9.17, 15) is 4.79 Å². The highest BCUT2D eigenvalue weighted by Gasteiger charge is 2.33. The van der Waals surface area contributed by atoms with Gasteiger partial charge in [0.2, 0.25) is 5.91 Å². The molecular formula is C13H18N2O2. The minimum absolute atomic E-state index is 0.00473. The molecule has 1 saturated heterocycles. The van der Waals surface area contributed by atoms with Crippen LogP contribution in [0.2, 0.25) is 0 Å². The lowest BCUT2D eigenvalue weighted by atomic mass is 10.0. The van der Waals surface area contributed by atoms with Crippen LogP contribution in [-0.4, -0.2) is 25.7 Å². The maximum atomic E-state index is 12.3. The SMILES string of the molecule is CC1OCCC1C(=O)N(C)c1ccccc1N. The van der Waals surface area contributed by atoms with Crippen LogP contribution in [0.1, 0.15) is 13.3 Å². The zero-order valence-electron chi connectivity index (χ0n) is 10.2. The molecule has 1 aliphatic heterocycles. The molecule has 0 aliphatic carbocycles. The van der Waals surface area contributed by atoms with Crippen LogP contribution in [0.25, 0.3) is 0 Å². The van der Waals surface area contributed by atoms with E-state index >= 15 is 0 Å². The van der Waals surface area contributed by atoms with E-state index in [-0.39, 0.29) is 17.9 Å². The second kappa shape index (κ2) is 4.75. The fourth-order valence-electron chi connectivity index (χ4n) is 2.22.